The van der Waals surface area contributed by atoms with E-state index in [1.54, 1.807) is 18.2 Å². The quantitative estimate of drug-likeness (QED) is 0.636. The highest BCUT2D eigenvalue weighted by atomic mass is 35.5. The molecule has 1 heterocycles. The third-order valence-electron chi connectivity index (χ3n) is 4.84. The number of aryl methyl sites for hydroxylation is 1. The second kappa shape index (κ2) is 10.2. The molecule has 2 aromatic rings. The number of nitrogens with one attached hydrogen (secondary N) is 2. The number of benzene rings is 1. The summed E-state index contributed by atoms with van der Waals surface area (Å²) in [6, 6.07) is 5.19. The van der Waals surface area contributed by atoms with Gasteiger partial charge in [0, 0.05) is 24.0 Å². The van der Waals surface area contributed by atoms with Crippen LogP contribution in [0.1, 0.15) is 60.1 Å². The number of halogens is 1. The molecule has 0 spiro atoms. The standard InChI is InChI=1S/C20H25ClN4O4/c1-13-11-15(7-8-16(13)21)28-12-17(26)22-9-10-23-19(27)20-24-18(25-29-20)14-5-3-2-4-6-14/h7-8,11,14H,2-6,9-10,12H2,1H3,(H,22,26)(H,23,27). The SMILES string of the molecule is Cc1cc(OCC(=O)NCCNC(=O)c2nc(C3CCCCC3)no2)ccc1Cl. The molecule has 0 unspecified atom stereocenters. The van der Waals surface area contributed by atoms with E-state index in [2.05, 4.69) is 20.8 Å². The van der Waals surface area contributed by atoms with Gasteiger partial charge in [0.05, 0.1) is 0 Å². The monoisotopic (exact) mass is 420 g/mol. The highest BCUT2D eigenvalue weighted by Crippen LogP contribution is 2.30. The Hall–Kier alpha value is -2.61. The number of hydrogen-bond donors (Lipinski definition) is 2. The molecule has 2 amide bonds. The molecule has 0 aliphatic heterocycles. The van der Waals surface area contributed by atoms with Gasteiger partial charge >= 0.3 is 11.8 Å². The molecule has 0 saturated heterocycles. The maximum atomic E-state index is 12.1. The minimum absolute atomic E-state index is 0.0432. The molecular formula is C20H25ClN4O4. The van der Waals surface area contributed by atoms with E-state index >= 15 is 0 Å². The van der Waals surface area contributed by atoms with Crippen molar-refractivity contribution in [2.45, 2.75) is 44.9 Å². The maximum Gasteiger partial charge on any atom is 0.315 e. The molecule has 1 fully saturated rings. The molecule has 1 aromatic carbocycles. The zero-order valence-corrected chi connectivity index (χ0v) is 17.1. The first-order valence-electron chi connectivity index (χ1n) is 9.80. The van der Waals surface area contributed by atoms with Gasteiger partial charge < -0.3 is 19.9 Å². The van der Waals surface area contributed by atoms with Crippen LogP contribution in [0.5, 0.6) is 5.75 Å². The molecule has 29 heavy (non-hydrogen) atoms. The fourth-order valence-electron chi connectivity index (χ4n) is 3.21. The summed E-state index contributed by atoms with van der Waals surface area (Å²) in [6.07, 6.45) is 5.61. The second-order valence-electron chi connectivity index (χ2n) is 7.10. The lowest BCUT2D eigenvalue weighted by Crippen LogP contribution is -2.36. The molecule has 1 saturated carbocycles. The Kier molecular flexibility index (Phi) is 7.46. The van der Waals surface area contributed by atoms with Crippen molar-refractivity contribution in [1.82, 2.24) is 20.8 Å². The van der Waals surface area contributed by atoms with Crippen molar-refractivity contribution >= 4 is 23.4 Å². The zero-order valence-electron chi connectivity index (χ0n) is 16.4. The van der Waals surface area contributed by atoms with E-state index in [4.69, 9.17) is 20.9 Å². The Labute approximate surface area is 174 Å². The van der Waals surface area contributed by atoms with Crippen LogP contribution in [0.25, 0.3) is 0 Å². The van der Waals surface area contributed by atoms with Crippen LogP contribution in [0.2, 0.25) is 5.02 Å². The van der Waals surface area contributed by atoms with Crippen molar-refractivity contribution in [2.24, 2.45) is 0 Å². The molecule has 2 N–H and O–H groups in total. The minimum atomic E-state index is -0.443. The van der Waals surface area contributed by atoms with Crippen molar-refractivity contribution in [3.8, 4) is 5.75 Å². The lowest BCUT2D eigenvalue weighted by Gasteiger charge is -2.17. The minimum Gasteiger partial charge on any atom is -0.484 e. The van der Waals surface area contributed by atoms with Crippen molar-refractivity contribution in [3.05, 3.63) is 40.5 Å². The molecule has 1 aromatic heterocycles. The fourth-order valence-corrected chi connectivity index (χ4v) is 3.33. The lowest BCUT2D eigenvalue weighted by atomic mass is 9.89. The number of aromatic nitrogens is 2. The highest BCUT2D eigenvalue weighted by molar-refractivity contribution is 6.31. The number of hydrogen-bond acceptors (Lipinski definition) is 6. The maximum absolute atomic E-state index is 12.1. The van der Waals surface area contributed by atoms with Crippen molar-refractivity contribution < 1.29 is 18.8 Å². The van der Waals surface area contributed by atoms with Crippen LogP contribution in [-0.2, 0) is 4.79 Å². The first-order valence-corrected chi connectivity index (χ1v) is 10.2. The third-order valence-corrected chi connectivity index (χ3v) is 5.26. The van der Waals surface area contributed by atoms with Gasteiger partial charge in [-0.15, -0.1) is 0 Å². The molecule has 9 heteroatoms. The molecule has 0 bridgehead atoms. The summed E-state index contributed by atoms with van der Waals surface area (Å²) >= 11 is 5.95. The predicted molar refractivity (Wildman–Crippen MR) is 107 cm³/mol. The zero-order chi connectivity index (χ0) is 20.6. The highest BCUT2D eigenvalue weighted by Gasteiger charge is 2.23. The average molecular weight is 421 g/mol. The van der Waals surface area contributed by atoms with Crippen molar-refractivity contribution in [2.75, 3.05) is 19.7 Å². The van der Waals surface area contributed by atoms with E-state index in [1.807, 2.05) is 6.92 Å². The van der Waals surface area contributed by atoms with Gasteiger partial charge in [-0.25, -0.2) is 0 Å². The number of nitrogens with zero attached hydrogens (tertiary/aromatic N) is 2. The average Bonchev–Trinajstić information content (AvgIpc) is 3.23. The summed E-state index contributed by atoms with van der Waals surface area (Å²) in [5, 5.41) is 9.91. The smallest absolute Gasteiger partial charge is 0.315 e. The van der Waals surface area contributed by atoms with Gasteiger partial charge in [0.1, 0.15) is 5.75 Å². The van der Waals surface area contributed by atoms with Gasteiger partial charge in [-0.3, -0.25) is 9.59 Å². The van der Waals surface area contributed by atoms with E-state index in [0.29, 0.717) is 16.6 Å². The van der Waals surface area contributed by atoms with Crippen LogP contribution >= 0.6 is 11.6 Å². The summed E-state index contributed by atoms with van der Waals surface area (Å²) in [6.45, 7) is 2.24. The summed E-state index contributed by atoms with van der Waals surface area (Å²) in [5.74, 6) is 0.681. The topological polar surface area (TPSA) is 106 Å². The molecular weight excluding hydrogens is 396 g/mol. The van der Waals surface area contributed by atoms with Gasteiger partial charge in [-0.2, -0.15) is 4.98 Å². The van der Waals surface area contributed by atoms with E-state index in [9.17, 15) is 9.59 Å². The van der Waals surface area contributed by atoms with Crippen LogP contribution in [0, 0.1) is 6.92 Å². The Morgan fingerprint density at radius 3 is 2.72 bits per heavy atom. The van der Waals surface area contributed by atoms with Crippen LogP contribution < -0.4 is 15.4 Å². The Balaban J connectivity index is 1.34. The molecule has 8 nitrogen and oxygen atoms in total. The molecule has 156 valence electrons. The first-order chi connectivity index (χ1) is 14.0. The summed E-state index contributed by atoms with van der Waals surface area (Å²) < 4.78 is 10.5. The number of rotatable bonds is 8. The second-order valence-corrected chi connectivity index (χ2v) is 7.51. The Morgan fingerprint density at radius 1 is 1.21 bits per heavy atom. The van der Waals surface area contributed by atoms with Crippen molar-refractivity contribution in [1.29, 1.82) is 0 Å². The summed E-state index contributed by atoms with van der Waals surface area (Å²) in [7, 11) is 0. The molecule has 0 atom stereocenters. The van der Waals surface area contributed by atoms with E-state index < -0.39 is 5.91 Å². The van der Waals surface area contributed by atoms with E-state index in [-0.39, 0.29) is 37.4 Å². The van der Waals surface area contributed by atoms with Crippen LogP contribution in [0.3, 0.4) is 0 Å². The number of ether oxygens (including phenoxy) is 1. The molecule has 1 aliphatic carbocycles. The Bertz CT molecular complexity index is 849. The normalized spacial score (nSPS) is 14.4. The largest absolute Gasteiger partial charge is 0.484 e. The molecule has 1 aliphatic rings. The van der Waals surface area contributed by atoms with E-state index in [0.717, 1.165) is 31.2 Å². The summed E-state index contributed by atoms with van der Waals surface area (Å²) in [5.41, 5.74) is 0.875. The lowest BCUT2D eigenvalue weighted by molar-refractivity contribution is -0.123. The van der Waals surface area contributed by atoms with Crippen LogP contribution in [0.4, 0.5) is 0 Å². The van der Waals surface area contributed by atoms with Crippen LogP contribution in [0.15, 0.2) is 22.7 Å². The fraction of sp³-hybridized carbons (Fsp3) is 0.500. The molecule has 0 radical (unpaired) electrons. The molecule has 3 rings (SSSR count). The number of amides is 2. The van der Waals surface area contributed by atoms with Gasteiger partial charge in [0.2, 0.25) is 0 Å². The van der Waals surface area contributed by atoms with Gasteiger partial charge in [-0.05, 0) is 43.5 Å². The van der Waals surface area contributed by atoms with Gasteiger partial charge in [0.15, 0.2) is 12.4 Å². The summed E-state index contributed by atoms with van der Waals surface area (Å²) in [4.78, 5) is 28.2. The van der Waals surface area contributed by atoms with Crippen molar-refractivity contribution in [3.63, 3.8) is 0 Å². The van der Waals surface area contributed by atoms with Gasteiger partial charge in [0.25, 0.3) is 5.91 Å². The van der Waals surface area contributed by atoms with E-state index in [1.165, 1.54) is 6.42 Å². The Morgan fingerprint density at radius 2 is 1.97 bits per heavy atom. The predicted octanol–water partition coefficient (Wildman–Crippen LogP) is 3.00. The number of carbonyl (C=O) groups excluding carboxylic acids is 2. The van der Waals surface area contributed by atoms with Gasteiger partial charge in [-0.1, -0.05) is 36.0 Å². The first kappa shape index (κ1) is 21.1. The van der Waals surface area contributed by atoms with Crippen LogP contribution in [-0.4, -0.2) is 41.7 Å². The number of carbonyl (C=O) groups is 2. The third kappa shape index (κ3) is 6.19.